The van der Waals surface area contributed by atoms with Crippen molar-refractivity contribution in [3.63, 3.8) is 0 Å². The molecule has 0 aromatic carbocycles. The zero-order valence-electron chi connectivity index (χ0n) is 11.9. The molecular weight excluding hydrogens is 286 g/mol. The minimum atomic E-state index is 0.274. The van der Waals surface area contributed by atoms with E-state index in [0.29, 0.717) is 4.99 Å². The highest BCUT2D eigenvalue weighted by Gasteiger charge is 2.14. The molecule has 20 heavy (non-hydrogen) atoms. The molecule has 0 saturated heterocycles. The van der Waals surface area contributed by atoms with Gasteiger partial charge in [0, 0.05) is 23.0 Å². The van der Waals surface area contributed by atoms with Crippen LogP contribution < -0.4 is 11.1 Å². The largest absolute Gasteiger partial charge is 0.389 e. The average molecular weight is 305 g/mol. The van der Waals surface area contributed by atoms with Gasteiger partial charge in [0.15, 0.2) is 0 Å². The van der Waals surface area contributed by atoms with Crippen LogP contribution in [0.15, 0.2) is 23.6 Å². The summed E-state index contributed by atoms with van der Waals surface area (Å²) in [5.74, 6) is 0.791. The fourth-order valence-corrected chi connectivity index (χ4v) is 3.36. The van der Waals surface area contributed by atoms with Crippen LogP contribution in [0.25, 0.3) is 0 Å². The monoisotopic (exact) mass is 305 g/mol. The second-order valence-electron chi connectivity index (χ2n) is 5.00. The van der Waals surface area contributed by atoms with E-state index in [1.807, 2.05) is 19.9 Å². The maximum absolute atomic E-state index is 5.83. The molecule has 2 rings (SSSR count). The first-order chi connectivity index (χ1) is 9.47. The summed E-state index contributed by atoms with van der Waals surface area (Å²) >= 11 is 6.92. The lowest BCUT2D eigenvalue weighted by atomic mass is 10.1. The Balaban J connectivity index is 2.21. The van der Waals surface area contributed by atoms with Gasteiger partial charge in [0.2, 0.25) is 0 Å². The van der Waals surface area contributed by atoms with Crippen LogP contribution in [0.2, 0.25) is 0 Å². The molecule has 0 fully saturated rings. The normalized spacial score (nSPS) is 12.2. The maximum atomic E-state index is 5.83. The summed E-state index contributed by atoms with van der Waals surface area (Å²) in [5.41, 5.74) is 8.71. The van der Waals surface area contributed by atoms with Gasteiger partial charge in [-0.15, -0.1) is 11.3 Å². The van der Waals surface area contributed by atoms with Crippen LogP contribution in [-0.4, -0.2) is 16.0 Å². The number of thiophene rings is 1. The molecule has 3 nitrogen and oxygen atoms in total. The summed E-state index contributed by atoms with van der Waals surface area (Å²) in [6.45, 7) is 6.13. The van der Waals surface area contributed by atoms with Crippen molar-refractivity contribution in [2.75, 3.05) is 5.32 Å². The summed E-state index contributed by atoms with van der Waals surface area (Å²) in [5, 5.41) is 5.53. The minimum Gasteiger partial charge on any atom is -0.389 e. The number of hydrogen-bond acceptors (Lipinski definition) is 4. The van der Waals surface area contributed by atoms with Crippen molar-refractivity contribution in [1.82, 2.24) is 4.98 Å². The maximum Gasteiger partial charge on any atom is 0.136 e. The van der Waals surface area contributed by atoms with Crippen LogP contribution in [0.4, 0.5) is 5.82 Å². The molecule has 1 unspecified atom stereocenters. The predicted molar refractivity (Wildman–Crippen MR) is 90.7 cm³/mol. The molecule has 0 aliphatic carbocycles. The number of rotatable bonds is 5. The highest BCUT2D eigenvalue weighted by Crippen LogP contribution is 2.21. The zero-order chi connectivity index (χ0) is 14.7. The first-order valence-corrected chi connectivity index (χ1v) is 7.83. The van der Waals surface area contributed by atoms with Crippen LogP contribution in [0.1, 0.15) is 28.6 Å². The number of pyridine rings is 1. The Morgan fingerprint density at radius 2 is 2.25 bits per heavy atom. The Morgan fingerprint density at radius 1 is 1.50 bits per heavy atom. The number of thiocarbonyl (C=S) groups is 1. The van der Waals surface area contributed by atoms with Crippen molar-refractivity contribution in [2.45, 2.75) is 33.2 Å². The average Bonchev–Trinajstić information content (AvgIpc) is 2.79. The first-order valence-electron chi connectivity index (χ1n) is 6.54. The van der Waals surface area contributed by atoms with Crippen molar-refractivity contribution in [1.29, 1.82) is 0 Å². The number of nitrogens with two attached hydrogens (primary N) is 1. The molecule has 0 bridgehead atoms. The Morgan fingerprint density at radius 3 is 2.85 bits per heavy atom. The van der Waals surface area contributed by atoms with Crippen LogP contribution in [0.3, 0.4) is 0 Å². The number of hydrogen-bond donors (Lipinski definition) is 2. The number of nitrogens with zero attached hydrogens (tertiary/aromatic N) is 1. The van der Waals surface area contributed by atoms with Crippen LogP contribution in [-0.2, 0) is 6.42 Å². The molecule has 0 saturated carbocycles. The van der Waals surface area contributed by atoms with E-state index in [9.17, 15) is 0 Å². The van der Waals surface area contributed by atoms with E-state index in [0.717, 1.165) is 29.1 Å². The summed E-state index contributed by atoms with van der Waals surface area (Å²) in [6.07, 6.45) is 0.961. The molecule has 106 valence electrons. The van der Waals surface area contributed by atoms with E-state index >= 15 is 0 Å². The van der Waals surface area contributed by atoms with Gasteiger partial charge in [-0.1, -0.05) is 18.3 Å². The molecule has 3 N–H and O–H groups in total. The molecule has 2 heterocycles. The molecule has 2 aromatic heterocycles. The van der Waals surface area contributed by atoms with Crippen LogP contribution in [0.5, 0.6) is 0 Å². The van der Waals surface area contributed by atoms with Gasteiger partial charge >= 0.3 is 0 Å². The molecule has 2 aromatic rings. The summed E-state index contributed by atoms with van der Waals surface area (Å²) in [6, 6.07) is 6.49. The van der Waals surface area contributed by atoms with Gasteiger partial charge in [0.05, 0.1) is 5.56 Å². The van der Waals surface area contributed by atoms with Crippen molar-refractivity contribution < 1.29 is 0 Å². The first kappa shape index (κ1) is 14.9. The molecule has 0 aliphatic rings. The van der Waals surface area contributed by atoms with Gasteiger partial charge in [-0.25, -0.2) is 4.98 Å². The van der Waals surface area contributed by atoms with Gasteiger partial charge in [-0.05, 0) is 43.8 Å². The Labute approximate surface area is 129 Å². The summed E-state index contributed by atoms with van der Waals surface area (Å²) < 4.78 is 0. The molecule has 1 atom stereocenters. The van der Waals surface area contributed by atoms with Gasteiger partial charge in [0.1, 0.15) is 10.8 Å². The van der Waals surface area contributed by atoms with Crippen molar-refractivity contribution in [3.05, 3.63) is 45.3 Å². The van der Waals surface area contributed by atoms with E-state index < -0.39 is 0 Å². The van der Waals surface area contributed by atoms with Gasteiger partial charge in [-0.2, -0.15) is 0 Å². The van der Waals surface area contributed by atoms with E-state index in [4.69, 9.17) is 18.0 Å². The van der Waals surface area contributed by atoms with Crippen molar-refractivity contribution >= 4 is 34.4 Å². The van der Waals surface area contributed by atoms with Gasteiger partial charge < -0.3 is 11.1 Å². The fourth-order valence-electron chi connectivity index (χ4n) is 2.27. The second kappa shape index (κ2) is 6.33. The van der Waals surface area contributed by atoms with Crippen LogP contribution in [0, 0.1) is 13.8 Å². The fraction of sp³-hybridized carbons (Fsp3) is 0.333. The number of nitrogens with one attached hydrogen (secondary N) is 1. The molecule has 0 radical (unpaired) electrons. The molecule has 0 spiro atoms. The third kappa shape index (κ3) is 3.55. The summed E-state index contributed by atoms with van der Waals surface area (Å²) in [7, 11) is 0. The zero-order valence-corrected chi connectivity index (χ0v) is 13.6. The SMILES string of the molecule is Cc1cc(C)c(C(N)=S)c(NC(C)Cc2cccs2)n1. The highest BCUT2D eigenvalue weighted by atomic mass is 32.1. The quantitative estimate of drug-likeness (QED) is 0.831. The smallest absolute Gasteiger partial charge is 0.136 e. The lowest BCUT2D eigenvalue weighted by molar-refractivity contribution is 0.792. The van der Waals surface area contributed by atoms with E-state index in [1.54, 1.807) is 11.3 Å². The Kier molecular flexibility index (Phi) is 4.73. The molecule has 5 heteroatoms. The molecule has 0 amide bonds. The number of aryl methyl sites for hydroxylation is 2. The van der Waals surface area contributed by atoms with E-state index in [-0.39, 0.29) is 6.04 Å². The lowest BCUT2D eigenvalue weighted by Crippen LogP contribution is -2.23. The number of anilines is 1. The highest BCUT2D eigenvalue weighted by molar-refractivity contribution is 7.80. The van der Waals surface area contributed by atoms with E-state index in [1.165, 1.54) is 4.88 Å². The van der Waals surface area contributed by atoms with Gasteiger partial charge in [0.25, 0.3) is 0 Å². The van der Waals surface area contributed by atoms with Crippen molar-refractivity contribution in [2.24, 2.45) is 5.73 Å². The third-order valence-electron chi connectivity index (χ3n) is 3.06. The molecule has 0 aliphatic heterocycles. The lowest BCUT2D eigenvalue weighted by Gasteiger charge is -2.18. The Bertz CT molecular complexity index is 606. The van der Waals surface area contributed by atoms with Crippen LogP contribution >= 0.6 is 23.6 Å². The Hall–Kier alpha value is -1.46. The standard InChI is InChI=1S/C15H19N3S2/c1-9-7-10(2)17-15(13(9)14(16)19)18-11(3)8-12-5-4-6-20-12/h4-7,11H,8H2,1-3H3,(H2,16,19)(H,17,18). The topological polar surface area (TPSA) is 50.9 Å². The van der Waals surface area contributed by atoms with E-state index in [2.05, 4.69) is 34.7 Å². The minimum absolute atomic E-state index is 0.274. The predicted octanol–water partition coefficient (Wildman–Crippen LogP) is 3.44. The second-order valence-corrected chi connectivity index (χ2v) is 6.47. The third-order valence-corrected chi connectivity index (χ3v) is 4.16. The molecular formula is C15H19N3S2. The van der Waals surface area contributed by atoms with Crippen molar-refractivity contribution in [3.8, 4) is 0 Å². The summed E-state index contributed by atoms with van der Waals surface area (Å²) in [4.78, 5) is 6.29. The van der Waals surface area contributed by atoms with Gasteiger partial charge in [-0.3, -0.25) is 0 Å². The number of aromatic nitrogens is 1.